The van der Waals surface area contributed by atoms with E-state index in [9.17, 15) is 9.59 Å². The van der Waals surface area contributed by atoms with Crippen molar-refractivity contribution in [3.05, 3.63) is 70.3 Å². The van der Waals surface area contributed by atoms with Crippen LogP contribution in [0.1, 0.15) is 31.1 Å². The topological polar surface area (TPSA) is 106 Å². The zero-order chi connectivity index (χ0) is 22.7. The van der Waals surface area contributed by atoms with E-state index < -0.39 is 6.04 Å². The number of hydrogen-bond donors (Lipinski definition) is 2. The number of carbonyl (C=O) groups is 1. The Balaban J connectivity index is 1.56. The molecule has 8 heteroatoms. The van der Waals surface area contributed by atoms with E-state index in [2.05, 4.69) is 20.3 Å². The second-order valence-corrected chi connectivity index (χ2v) is 8.12. The summed E-state index contributed by atoms with van der Waals surface area (Å²) < 4.78 is 11.2. The first-order valence-electron chi connectivity index (χ1n) is 10.6. The fourth-order valence-corrected chi connectivity index (χ4v) is 3.84. The van der Waals surface area contributed by atoms with E-state index in [0.717, 1.165) is 5.56 Å². The van der Waals surface area contributed by atoms with Crippen LogP contribution in [0.25, 0.3) is 11.5 Å². The van der Waals surface area contributed by atoms with Crippen LogP contribution in [0.3, 0.4) is 0 Å². The molecule has 0 saturated carbocycles. The van der Waals surface area contributed by atoms with Gasteiger partial charge in [-0.05, 0) is 36.1 Å². The third-order valence-electron chi connectivity index (χ3n) is 5.50. The first-order chi connectivity index (χ1) is 15.5. The number of fused-ring (bicyclic) bond motifs is 1. The van der Waals surface area contributed by atoms with Gasteiger partial charge in [-0.25, -0.2) is 4.98 Å². The summed E-state index contributed by atoms with van der Waals surface area (Å²) in [5.41, 5.74) is 1.70. The predicted octanol–water partition coefficient (Wildman–Crippen LogP) is 2.91. The Labute approximate surface area is 186 Å². The molecule has 0 bridgehead atoms. The third-order valence-corrected chi connectivity index (χ3v) is 5.50. The van der Waals surface area contributed by atoms with Crippen molar-refractivity contribution >= 4 is 5.91 Å². The van der Waals surface area contributed by atoms with Gasteiger partial charge in [-0.15, -0.1) is 0 Å². The Morgan fingerprint density at radius 2 is 2.09 bits per heavy atom. The SMILES string of the molecule is COc1cccc2c1OC[C@@H](C(=O)N[C@H](c1cc(=O)[nH]c(-c3ccccn3)n1)C(C)C)C2. The minimum absolute atomic E-state index is 0.0155. The molecule has 3 heterocycles. The van der Waals surface area contributed by atoms with E-state index >= 15 is 0 Å². The van der Waals surface area contributed by atoms with Gasteiger partial charge in [-0.2, -0.15) is 0 Å². The summed E-state index contributed by atoms with van der Waals surface area (Å²) in [6, 6.07) is 12.1. The van der Waals surface area contributed by atoms with Gasteiger partial charge >= 0.3 is 0 Å². The van der Waals surface area contributed by atoms with Crippen molar-refractivity contribution in [2.75, 3.05) is 13.7 Å². The highest BCUT2D eigenvalue weighted by atomic mass is 16.5. The number of amides is 1. The highest BCUT2D eigenvalue weighted by Gasteiger charge is 2.30. The van der Waals surface area contributed by atoms with Crippen molar-refractivity contribution < 1.29 is 14.3 Å². The van der Waals surface area contributed by atoms with Gasteiger partial charge in [0.1, 0.15) is 12.3 Å². The maximum Gasteiger partial charge on any atom is 0.251 e. The number of ether oxygens (including phenoxy) is 2. The molecule has 1 aliphatic heterocycles. The summed E-state index contributed by atoms with van der Waals surface area (Å²) in [7, 11) is 1.60. The van der Waals surface area contributed by atoms with Gasteiger partial charge in [-0.3, -0.25) is 14.6 Å². The average molecular weight is 434 g/mol. The molecule has 4 rings (SSSR count). The fourth-order valence-electron chi connectivity index (χ4n) is 3.84. The molecular formula is C24H26N4O4. The minimum Gasteiger partial charge on any atom is -0.493 e. The third kappa shape index (κ3) is 4.49. The second kappa shape index (κ2) is 9.21. The summed E-state index contributed by atoms with van der Waals surface area (Å²) >= 11 is 0. The molecule has 0 radical (unpaired) electrons. The maximum atomic E-state index is 13.1. The number of rotatable bonds is 6. The fraction of sp³-hybridized carbons (Fsp3) is 0.333. The number of aromatic amines is 1. The summed E-state index contributed by atoms with van der Waals surface area (Å²) in [6.07, 6.45) is 2.19. The van der Waals surface area contributed by atoms with Crippen molar-refractivity contribution in [2.24, 2.45) is 11.8 Å². The van der Waals surface area contributed by atoms with Crippen LogP contribution in [0.2, 0.25) is 0 Å². The first kappa shape index (κ1) is 21.5. The summed E-state index contributed by atoms with van der Waals surface area (Å²) in [5, 5.41) is 3.08. The highest BCUT2D eigenvalue weighted by molar-refractivity contribution is 5.80. The Morgan fingerprint density at radius 3 is 2.81 bits per heavy atom. The lowest BCUT2D eigenvalue weighted by molar-refractivity contribution is -0.127. The van der Waals surface area contributed by atoms with E-state index in [4.69, 9.17) is 9.47 Å². The standard InChI is InChI=1S/C24H26N4O4/c1-14(2)21(18-12-20(29)27-23(26-18)17-8-4-5-10-25-17)28-24(30)16-11-15-7-6-9-19(31-3)22(15)32-13-16/h4-10,12,14,16,21H,11,13H2,1-3H3,(H,28,30)(H,26,27,29)/t16-,21-/m0/s1. The largest absolute Gasteiger partial charge is 0.493 e. The Bertz CT molecular complexity index is 1160. The van der Waals surface area contributed by atoms with Crippen LogP contribution in [0.15, 0.2) is 53.5 Å². The van der Waals surface area contributed by atoms with Crippen LogP contribution >= 0.6 is 0 Å². The van der Waals surface area contributed by atoms with E-state index in [1.807, 2.05) is 38.1 Å². The van der Waals surface area contributed by atoms with Crippen molar-refractivity contribution in [3.63, 3.8) is 0 Å². The molecule has 3 aromatic rings. The lowest BCUT2D eigenvalue weighted by atomic mass is 9.94. The molecule has 2 atom stereocenters. The first-order valence-corrected chi connectivity index (χ1v) is 10.6. The summed E-state index contributed by atoms with van der Waals surface area (Å²) in [5.74, 6) is 1.25. The van der Waals surface area contributed by atoms with Crippen molar-refractivity contribution in [1.82, 2.24) is 20.3 Å². The predicted molar refractivity (Wildman–Crippen MR) is 119 cm³/mol. The zero-order valence-corrected chi connectivity index (χ0v) is 18.3. The number of nitrogens with zero attached hydrogens (tertiary/aromatic N) is 2. The number of H-pyrrole nitrogens is 1. The number of para-hydroxylation sites is 1. The second-order valence-electron chi connectivity index (χ2n) is 8.12. The molecule has 32 heavy (non-hydrogen) atoms. The zero-order valence-electron chi connectivity index (χ0n) is 18.3. The number of benzene rings is 1. The number of nitrogens with one attached hydrogen (secondary N) is 2. The molecule has 1 amide bonds. The summed E-state index contributed by atoms with van der Waals surface area (Å²) in [6.45, 7) is 4.21. The minimum atomic E-state index is -0.432. The van der Waals surface area contributed by atoms with E-state index in [-0.39, 0.29) is 29.9 Å². The Kier molecular flexibility index (Phi) is 6.20. The molecule has 2 aromatic heterocycles. The molecule has 1 aliphatic rings. The Hall–Kier alpha value is -3.68. The van der Waals surface area contributed by atoms with E-state index in [1.165, 1.54) is 6.07 Å². The number of pyridine rings is 1. The maximum absolute atomic E-state index is 13.1. The van der Waals surface area contributed by atoms with Crippen LogP contribution in [-0.4, -0.2) is 34.6 Å². The van der Waals surface area contributed by atoms with Gasteiger partial charge < -0.3 is 19.8 Å². The van der Waals surface area contributed by atoms with Crippen LogP contribution < -0.4 is 20.3 Å². The van der Waals surface area contributed by atoms with Crippen LogP contribution in [-0.2, 0) is 11.2 Å². The highest BCUT2D eigenvalue weighted by Crippen LogP contribution is 2.36. The van der Waals surface area contributed by atoms with E-state index in [1.54, 1.807) is 25.4 Å². The van der Waals surface area contributed by atoms with Crippen molar-refractivity contribution in [2.45, 2.75) is 26.3 Å². The van der Waals surface area contributed by atoms with Crippen LogP contribution in [0.4, 0.5) is 0 Å². The molecule has 166 valence electrons. The molecule has 0 fully saturated rings. The van der Waals surface area contributed by atoms with Gasteiger partial charge in [0.25, 0.3) is 5.56 Å². The molecule has 0 saturated heterocycles. The summed E-state index contributed by atoms with van der Waals surface area (Å²) in [4.78, 5) is 37.1. The van der Waals surface area contributed by atoms with Crippen molar-refractivity contribution in [3.8, 4) is 23.0 Å². The number of methoxy groups -OCH3 is 1. The van der Waals surface area contributed by atoms with E-state index in [0.29, 0.717) is 35.1 Å². The van der Waals surface area contributed by atoms with Gasteiger partial charge in [0.05, 0.1) is 24.8 Å². The monoisotopic (exact) mass is 434 g/mol. The van der Waals surface area contributed by atoms with Crippen LogP contribution in [0, 0.1) is 11.8 Å². The molecule has 0 unspecified atom stereocenters. The van der Waals surface area contributed by atoms with Gasteiger partial charge in [0.15, 0.2) is 17.3 Å². The molecule has 8 nitrogen and oxygen atoms in total. The normalized spacial score (nSPS) is 16.1. The number of hydrogen-bond acceptors (Lipinski definition) is 6. The van der Waals surface area contributed by atoms with Crippen molar-refractivity contribution in [1.29, 1.82) is 0 Å². The Morgan fingerprint density at radius 1 is 1.25 bits per heavy atom. The molecule has 1 aromatic carbocycles. The van der Waals surface area contributed by atoms with Crippen LogP contribution in [0.5, 0.6) is 11.5 Å². The van der Waals surface area contributed by atoms with Gasteiger partial charge in [-0.1, -0.05) is 32.0 Å². The lowest BCUT2D eigenvalue weighted by Gasteiger charge is -2.29. The number of carbonyl (C=O) groups excluding carboxylic acids is 1. The van der Waals surface area contributed by atoms with Gasteiger partial charge in [0.2, 0.25) is 5.91 Å². The average Bonchev–Trinajstić information content (AvgIpc) is 2.81. The lowest BCUT2D eigenvalue weighted by Crippen LogP contribution is -2.41. The van der Waals surface area contributed by atoms with Gasteiger partial charge in [0, 0.05) is 12.3 Å². The molecule has 0 spiro atoms. The molecular weight excluding hydrogens is 408 g/mol. The molecule has 0 aliphatic carbocycles. The quantitative estimate of drug-likeness (QED) is 0.618. The molecule has 2 N–H and O–H groups in total. The smallest absolute Gasteiger partial charge is 0.251 e. The number of aromatic nitrogens is 3.